The molecule has 3 aliphatic rings. The maximum atomic E-state index is 13.8. The molecule has 166 valence electrons. The molecule has 10 heteroatoms. The largest absolute Gasteiger partial charge is 0.503 e. The van der Waals surface area contributed by atoms with Gasteiger partial charge in [-0.25, -0.2) is 8.78 Å². The molecule has 2 fully saturated rings. The number of carbonyl (C=O) groups is 3. The minimum Gasteiger partial charge on any atom is -0.503 e. The SMILES string of the molecule is CC(C)[C@H]1CO[C@@H]2CN3CC(C(=O)NCc4ccc(F)cc4F)C(=O)C(O)=C3C(=O)N12. The van der Waals surface area contributed by atoms with Gasteiger partial charge in [0.15, 0.2) is 12.0 Å². The van der Waals surface area contributed by atoms with Gasteiger partial charge in [0.1, 0.15) is 23.2 Å². The van der Waals surface area contributed by atoms with Gasteiger partial charge in [-0.2, -0.15) is 0 Å². The molecule has 0 aromatic heterocycles. The number of benzene rings is 1. The number of halogens is 2. The van der Waals surface area contributed by atoms with Crippen molar-refractivity contribution < 1.29 is 33.0 Å². The number of hydrogen-bond acceptors (Lipinski definition) is 6. The van der Waals surface area contributed by atoms with Crippen molar-refractivity contribution in [2.75, 3.05) is 19.7 Å². The van der Waals surface area contributed by atoms with Crippen molar-refractivity contribution in [2.45, 2.75) is 32.7 Å². The third-order valence-corrected chi connectivity index (χ3v) is 5.99. The molecule has 0 spiro atoms. The molecule has 2 saturated heterocycles. The van der Waals surface area contributed by atoms with E-state index in [-0.39, 0.29) is 42.9 Å². The van der Waals surface area contributed by atoms with Crippen LogP contribution in [0.1, 0.15) is 19.4 Å². The number of ketones is 1. The van der Waals surface area contributed by atoms with Crippen molar-refractivity contribution in [3.8, 4) is 0 Å². The Hall–Kier alpha value is -3.01. The number of hydrogen-bond donors (Lipinski definition) is 2. The number of nitrogens with one attached hydrogen (secondary N) is 1. The Balaban J connectivity index is 1.51. The van der Waals surface area contributed by atoms with Crippen LogP contribution in [0.3, 0.4) is 0 Å². The van der Waals surface area contributed by atoms with Gasteiger partial charge < -0.3 is 25.0 Å². The van der Waals surface area contributed by atoms with Crippen LogP contribution < -0.4 is 5.32 Å². The summed E-state index contributed by atoms with van der Waals surface area (Å²) >= 11 is 0. The highest BCUT2D eigenvalue weighted by atomic mass is 19.1. The number of aliphatic hydroxyl groups excluding tert-OH is 1. The average molecular weight is 435 g/mol. The number of allylic oxidation sites excluding steroid dienone is 1. The van der Waals surface area contributed by atoms with E-state index in [0.29, 0.717) is 12.7 Å². The number of aliphatic hydroxyl groups is 1. The monoisotopic (exact) mass is 435 g/mol. The zero-order chi connectivity index (χ0) is 22.4. The quantitative estimate of drug-likeness (QED) is 0.687. The molecule has 2 amide bonds. The van der Waals surface area contributed by atoms with Gasteiger partial charge in [0.2, 0.25) is 11.7 Å². The van der Waals surface area contributed by atoms with Crippen LogP contribution in [-0.2, 0) is 25.7 Å². The summed E-state index contributed by atoms with van der Waals surface area (Å²) in [5, 5.41) is 12.9. The van der Waals surface area contributed by atoms with Crippen molar-refractivity contribution in [2.24, 2.45) is 11.8 Å². The highest BCUT2D eigenvalue weighted by Crippen LogP contribution is 2.34. The molecule has 0 bridgehead atoms. The van der Waals surface area contributed by atoms with E-state index in [1.807, 2.05) is 13.8 Å². The molecule has 1 aromatic rings. The Morgan fingerprint density at radius 1 is 1.29 bits per heavy atom. The van der Waals surface area contributed by atoms with Gasteiger partial charge in [-0.15, -0.1) is 0 Å². The zero-order valence-corrected chi connectivity index (χ0v) is 17.1. The summed E-state index contributed by atoms with van der Waals surface area (Å²) in [6, 6.07) is 2.80. The average Bonchev–Trinajstić information content (AvgIpc) is 3.14. The van der Waals surface area contributed by atoms with Gasteiger partial charge in [-0.3, -0.25) is 14.4 Å². The summed E-state index contributed by atoms with van der Waals surface area (Å²) in [7, 11) is 0. The number of rotatable bonds is 4. The van der Waals surface area contributed by atoms with Crippen LogP contribution >= 0.6 is 0 Å². The molecule has 3 aliphatic heterocycles. The van der Waals surface area contributed by atoms with E-state index in [9.17, 15) is 28.3 Å². The Labute approximate surface area is 177 Å². The van der Waals surface area contributed by atoms with Crippen LogP contribution in [0.25, 0.3) is 0 Å². The summed E-state index contributed by atoms with van der Waals surface area (Å²) in [5.74, 6) is -5.53. The van der Waals surface area contributed by atoms with Gasteiger partial charge in [0.05, 0.1) is 19.2 Å². The van der Waals surface area contributed by atoms with E-state index >= 15 is 0 Å². The van der Waals surface area contributed by atoms with Crippen molar-refractivity contribution in [3.05, 3.63) is 46.9 Å². The van der Waals surface area contributed by atoms with Gasteiger partial charge >= 0.3 is 0 Å². The number of carbonyl (C=O) groups excluding carboxylic acids is 3. The van der Waals surface area contributed by atoms with Crippen molar-refractivity contribution in [1.82, 2.24) is 15.1 Å². The standard InChI is InChI=1S/C21H23F2N3O5/c1-10(2)15-9-31-16-8-25-7-13(18(27)19(28)17(25)21(30)26(15)16)20(29)24-6-11-3-4-12(22)5-14(11)23/h3-5,10,13,15-16,28H,6-9H2,1-2H3,(H,24,29)/t13?,15-,16-/m1/s1. The van der Waals surface area contributed by atoms with Crippen LogP contribution in [0.15, 0.2) is 29.7 Å². The number of ether oxygens (including phenoxy) is 1. The molecule has 3 heterocycles. The second-order valence-electron chi connectivity index (χ2n) is 8.28. The lowest BCUT2D eigenvalue weighted by molar-refractivity contribution is -0.148. The summed E-state index contributed by atoms with van der Waals surface area (Å²) in [4.78, 5) is 41.4. The van der Waals surface area contributed by atoms with Crippen LogP contribution in [0.4, 0.5) is 8.78 Å². The number of nitrogens with zero attached hydrogens (tertiary/aromatic N) is 2. The third kappa shape index (κ3) is 3.65. The van der Waals surface area contributed by atoms with E-state index in [0.717, 1.165) is 6.07 Å². The molecular formula is C21H23F2N3O5. The molecule has 2 N–H and O–H groups in total. The highest BCUT2D eigenvalue weighted by molar-refractivity contribution is 6.13. The van der Waals surface area contributed by atoms with E-state index in [1.165, 1.54) is 11.0 Å². The maximum Gasteiger partial charge on any atom is 0.276 e. The predicted molar refractivity (Wildman–Crippen MR) is 103 cm³/mol. The number of piperazine rings is 1. The Morgan fingerprint density at radius 3 is 2.71 bits per heavy atom. The van der Waals surface area contributed by atoms with Gasteiger partial charge in [-0.1, -0.05) is 19.9 Å². The summed E-state index contributed by atoms with van der Waals surface area (Å²) < 4.78 is 32.6. The minimum absolute atomic E-state index is 0.0568. The highest BCUT2D eigenvalue weighted by Gasteiger charge is 2.51. The second kappa shape index (κ2) is 7.92. The lowest BCUT2D eigenvalue weighted by Crippen LogP contribution is -2.60. The maximum absolute atomic E-state index is 13.8. The lowest BCUT2D eigenvalue weighted by Gasteiger charge is -2.44. The molecule has 0 saturated carbocycles. The third-order valence-electron chi connectivity index (χ3n) is 5.99. The van der Waals surface area contributed by atoms with Crippen LogP contribution in [0.5, 0.6) is 0 Å². The molecule has 1 aromatic carbocycles. The van der Waals surface area contributed by atoms with Gasteiger partial charge in [-0.05, 0) is 12.0 Å². The molecule has 0 aliphatic carbocycles. The summed E-state index contributed by atoms with van der Waals surface area (Å²) in [6.07, 6.45) is -0.526. The first-order valence-corrected chi connectivity index (χ1v) is 10.1. The lowest BCUT2D eigenvalue weighted by atomic mass is 9.92. The Morgan fingerprint density at radius 2 is 2.03 bits per heavy atom. The van der Waals surface area contributed by atoms with Crippen LogP contribution in [-0.4, -0.2) is 64.5 Å². The van der Waals surface area contributed by atoms with E-state index in [1.54, 1.807) is 4.90 Å². The van der Waals surface area contributed by atoms with E-state index in [2.05, 4.69) is 5.32 Å². The Bertz CT molecular complexity index is 980. The smallest absolute Gasteiger partial charge is 0.276 e. The fourth-order valence-corrected chi connectivity index (χ4v) is 4.23. The fourth-order valence-electron chi connectivity index (χ4n) is 4.23. The van der Waals surface area contributed by atoms with Crippen LogP contribution in [0.2, 0.25) is 0 Å². The van der Waals surface area contributed by atoms with E-state index in [4.69, 9.17) is 4.74 Å². The molecule has 8 nitrogen and oxygen atoms in total. The number of amides is 2. The number of fused-ring (bicyclic) bond motifs is 2. The second-order valence-corrected chi connectivity index (χ2v) is 8.28. The van der Waals surface area contributed by atoms with Crippen LogP contribution in [0, 0.1) is 23.5 Å². The molecule has 3 atom stereocenters. The summed E-state index contributed by atoms with van der Waals surface area (Å²) in [6.45, 7) is 4.14. The molecule has 4 rings (SSSR count). The molecular weight excluding hydrogens is 412 g/mol. The normalized spacial score (nSPS) is 25.8. The van der Waals surface area contributed by atoms with Gasteiger partial charge in [0.25, 0.3) is 5.91 Å². The summed E-state index contributed by atoms with van der Waals surface area (Å²) in [5.41, 5.74) is -0.0626. The van der Waals surface area contributed by atoms with Gasteiger partial charge in [0, 0.05) is 24.7 Å². The predicted octanol–water partition coefficient (Wildman–Crippen LogP) is 1.07. The first kappa shape index (κ1) is 21.2. The minimum atomic E-state index is -1.27. The zero-order valence-electron chi connectivity index (χ0n) is 17.1. The topological polar surface area (TPSA) is 99.2 Å². The van der Waals surface area contributed by atoms with E-state index < -0.39 is 47.1 Å². The van der Waals surface area contributed by atoms with Crippen molar-refractivity contribution >= 4 is 17.6 Å². The van der Waals surface area contributed by atoms with Crippen molar-refractivity contribution in [3.63, 3.8) is 0 Å². The molecule has 1 unspecified atom stereocenters. The Kier molecular flexibility index (Phi) is 5.42. The first-order chi connectivity index (χ1) is 14.7. The molecule has 31 heavy (non-hydrogen) atoms. The first-order valence-electron chi connectivity index (χ1n) is 10.1. The number of Topliss-reactive ketones (excluding diaryl/α,β-unsaturated/α-hetero) is 1. The van der Waals surface area contributed by atoms with Crippen molar-refractivity contribution in [1.29, 1.82) is 0 Å². The fraction of sp³-hybridized carbons (Fsp3) is 0.476. The molecule has 0 radical (unpaired) electrons.